The molecular weight excluding hydrogens is 276 g/mol. The van der Waals surface area contributed by atoms with E-state index in [4.69, 9.17) is 0 Å². The Morgan fingerprint density at radius 2 is 1.82 bits per heavy atom. The van der Waals surface area contributed by atoms with Crippen LogP contribution in [0.2, 0.25) is 0 Å². The molecule has 4 heteroatoms. The first-order valence-electron chi connectivity index (χ1n) is 7.48. The SMILES string of the molecule is CCC(C)(C)NC(=O)c1ccc(=O)n(Cc2ccccc2)c1. The van der Waals surface area contributed by atoms with E-state index in [1.807, 2.05) is 51.1 Å². The molecule has 0 saturated carbocycles. The molecule has 0 saturated heterocycles. The third kappa shape index (κ3) is 4.07. The van der Waals surface area contributed by atoms with Gasteiger partial charge in [0, 0.05) is 17.8 Å². The zero-order valence-electron chi connectivity index (χ0n) is 13.3. The largest absolute Gasteiger partial charge is 0.347 e. The van der Waals surface area contributed by atoms with E-state index in [0.29, 0.717) is 12.1 Å². The van der Waals surface area contributed by atoms with Crippen LogP contribution in [0.3, 0.4) is 0 Å². The Bertz CT molecular complexity index is 703. The number of carbonyl (C=O) groups excluding carboxylic acids is 1. The second-order valence-electron chi connectivity index (χ2n) is 6.06. The zero-order chi connectivity index (χ0) is 16.2. The minimum atomic E-state index is -0.266. The molecule has 0 spiro atoms. The molecule has 116 valence electrons. The Morgan fingerprint density at radius 3 is 2.45 bits per heavy atom. The van der Waals surface area contributed by atoms with Crippen LogP contribution in [0.1, 0.15) is 43.1 Å². The lowest BCUT2D eigenvalue weighted by molar-refractivity contribution is 0.0910. The predicted molar refractivity (Wildman–Crippen MR) is 88.1 cm³/mol. The Balaban J connectivity index is 2.23. The van der Waals surface area contributed by atoms with Crippen molar-refractivity contribution >= 4 is 5.91 Å². The number of benzene rings is 1. The third-order valence-electron chi connectivity index (χ3n) is 3.78. The number of carbonyl (C=O) groups is 1. The van der Waals surface area contributed by atoms with Gasteiger partial charge in [0.1, 0.15) is 0 Å². The first-order valence-corrected chi connectivity index (χ1v) is 7.48. The summed E-state index contributed by atoms with van der Waals surface area (Å²) < 4.78 is 1.56. The molecule has 0 aliphatic heterocycles. The van der Waals surface area contributed by atoms with Gasteiger partial charge in [0.2, 0.25) is 0 Å². The van der Waals surface area contributed by atoms with Gasteiger partial charge in [-0.2, -0.15) is 0 Å². The molecule has 1 amide bonds. The van der Waals surface area contributed by atoms with Gasteiger partial charge in [0.15, 0.2) is 0 Å². The topological polar surface area (TPSA) is 51.1 Å². The molecule has 1 N–H and O–H groups in total. The van der Waals surface area contributed by atoms with E-state index in [2.05, 4.69) is 5.32 Å². The van der Waals surface area contributed by atoms with E-state index in [1.165, 1.54) is 6.07 Å². The summed E-state index contributed by atoms with van der Waals surface area (Å²) in [6.45, 7) is 6.43. The second-order valence-corrected chi connectivity index (χ2v) is 6.06. The monoisotopic (exact) mass is 298 g/mol. The van der Waals surface area contributed by atoms with Crippen molar-refractivity contribution in [1.29, 1.82) is 0 Å². The first-order chi connectivity index (χ1) is 10.4. The molecule has 0 radical (unpaired) electrons. The van der Waals surface area contributed by atoms with Gasteiger partial charge in [-0.25, -0.2) is 0 Å². The summed E-state index contributed by atoms with van der Waals surface area (Å²) in [6, 6.07) is 12.7. The summed E-state index contributed by atoms with van der Waals surface area (Å²) in [4.78, 5) is 24.3. The molecule has 22 heavy (non-hydrogen) atoms. The van der Waals surface area contributed by atoms with Crippen molar-refractivity contribution in [2.75, 3.05) is 0 Å². The first kappa shape index (κ1) is 16.0. The van der Waals surface area contributed by atoms with Crippen molar-refractivity contribution in [3.05, 3.63) is 70.1 Å². The average Bonchev–Trinajstić information content (AvgIpc) is 2.50. The smallest absolute Gasteiger partial charge is 0.253 e. The minimum absolute atomic E-state index is 0.116. The van der Waals surface area contributed by atoms with Crippen molar-refractivity contribution < 1.29 is 4.79 Å². The molecule has 1 aromatic carbocycles. The Labute approximate surface area is 130 Å². The maximum Gasteiger partial charge on any atom is 0.253 e. The van der Waals surface area contributed by atoms with Crippen molar-refractivity contribution in [3.63, 3.8) is 0 Å². The number of pyridine rings is 1. The Morgan fingerprint density at radius 1 is 1.14 bits per heavy atom. The lowest BCUT2D eigenvalue weighted by atomic mass is 10.0. The molecule has 0 aliphatic rings. The van der Waals surface area contributed by atoms with Gasteiger partial charge in [0.25, 0.3) is 11.5 Å². The molecule has 4 nitrogen and oxygen atoms in total. The van der Waals surface area contributed by atoms with E-state index >= 15 is 0 Å². The molecule has 1 heterocycles. The van der Waals surface area contributed by atoms with Crippen LogP contribution in [-0.2, 0) is 6.54 Å². The van der Waals surface area contributed by atoms with E-state index < -0.39 is 0 Å². The van der Waals surface area contributed by atoms with Crippen LogP contribution in [0.4, 0.5) is 0 Å². The van der Waals surface area contributed by atoms with Crippen molar-refractivity contribution in [2.24, 2.45) is 0 Å². The van der Waals surface area contributed by atoms with Crippen LogP contribution in [0.15, 0.2) is 53.5 Å². The van der Waals surface area contributed by atoms with Gasteiger partial charge in [-0.3, -0.25) is 9.59 Å². The summed E-state index contributed by atoms with van der Waals surface area (Å²) in [5.74, 6) is -0.159. The molecule has 0 atom stereocenters. The fourth-order valence-corrected chi connectivity index (χ4v) is 2.04. The maximum atomic E-state index is 12.3. The van der Waals surface area contributed by atoms with Crippen molar-refractivity contribution in [1.82, 2.24) is 9.88 Å². The maximum absolute atomic E-state index is 12.3. The van der Waals surface area contributed by atoms with Crippen molar-refractivity contribution in [2.45, 2.75) is 39.3 Å². The highest BCUT2D eigenvalue weighted by atomic mass is 16.2. The predicted octanol–water partition coefficient (Wildman–Crippen LogP) is 2.82. The summed E-state index contributed by atoms with van der Waals surface area (Å²) in [5.41, 5.74) is 1.14. The average molecular weight is 298 g/mol. The zero-order valence-corrected chi connectivity index (χ0v) is 13.3. The molecule has 0 aliphatic carbocycles. The summed E-state index contributed by atoms with van der Waals surface area (Å²) in [5, 5.41) is 2.98. The van der Waals surface area contributed by atoms with Crippen LogP contribution in [-0.4, -0.2) is 16.0 Å². The highest BCUT2D eigenvalue weighted by Crippen LogP contribution is 2.09. The number of amides is 1. The number of rotatable bonds is 5. The molecular formula is C18H22N2O2. The summed E-state index contributed by atoms with van der Waals surface area (Å²) in [7, 11) is 0. The Hall–Kier alpha value is -2.36. The molecule has 0 fully saturated rings. The van der Waals surface area contributed by atoms with Crippen LogP contribution >= 0.6 is 0 Å². The van der Waals surface area contributed by atoms with E-state index in [1.54, 1.807) is 16.8 Å². The molecule has 2 rings (SSSR count). The standard InChI is InChI=1S/C18H22N2O2/c1-4-18(2,3)19-17(22)15-10-11-16(21)20(13-15)12-14-8-6-5-7-9-14/h5-11,13H,4,12H2,1-3H3,(H,19,22). The normalized spacial score (nSPS) is 11.2. The number of aromatic nitrogens is 1. The molecule has 0 bridgehead atoms. The number of hydrogen-bond donors (Lipinski definition) is 1. The number of nitrogens with one attached hydrogen (secondary N) is 1. The highest BCUT2D eigenvalue weighted by molar-refractivity contribution is 5.94. The van der Waals surface area contributed by atoms with Gasteiger partial charge in [-0.1, -0.05) is 37.3 Å². The van der Waals surface area contributed by atoms with Crippen molar-refractivity contribution in [3.8, 4) is 0 Å². The van der Waals surface area contributed by atoms with Crippen LogP contribution in [0, 0.1) is 0 Å². The quantitative estimate of drug-likeness (QED) is 0.923. The third-order valence-corrected chi connectivity index (χ3v) is 3.78. The van der Waals surface area contributed by atoms with Crippen LogP contribution in [0.25, 0.3) is 0 Å². The van der Waals surface area contributed by atoms with Gasteiger partial charge in [0.05, 0.1) is 12.1 Å². The lowest BCUT2D eigenvalue weighted by Crippen LogP contribution is -2.43. The summed E-state index contributed by atoms with van der Waals surface area (Å²) >= 11 is 0. The van der Waals surface area contributed by atoms with E-state index in [0.717, 1.165) is 12.0 Å². The minimum Gasteiger partial charge on any atom is -0.347 e. The van der Waals surface area contributed by atoms with Crippen LogP contribution < -0.4 is 10.9 Å². The van der Waals surface area contributed by atoms with Gasteiger partial charge in [-0.05, 0) is 31.9 Å². The highest BCUT2D eigenvalue weighted by Gasteiger charge is 2.19. The molecule has 1 aromatic heterocycles. The van der Waals surface area contributed by atoms with Gasteiger partial charge >= 0.3 is 0 Å². The number of hydrogen-bond acceptors (Lipinski definition) is 2. The van der Waals surface area contributed by atoms with Gasteiger partial charge < -0.3 is 9.88 Å². The van der Waals surface area contributed by atoms with Crippen LogP contribution in [0.5, 0.6) is 0 Å². The molecule has 0 unspecified atom stereocenters. The summed E-state index contributed by atoms with van der Waals surface area (Å²) in [6.07, 6.45) is 2.46. The Kier molecular flexibility index (Phi) is 4.81. The molecule has 2 aromatic rings. The fourth-order valence-electron chi connectivity index (χ4n) is 2.04. The lowest BCUT2D eigenvalue weighted by Gasteiger charge is -2.24. The van der Waals surface area contributed by atoms with E-state index in [-0.39, 0.29) is 17.0 Å². The second kappa shape index (κ2) is 6.60. The fraction of sp³-hybridized carbons (Fsp3) is 0.333. The number of nitrogens with zero attached hydrogens (tertiary/aromatic N) is 1. The van der Waals surface area contributed by atoms with Gasteiger partial charge in [-0.15, -0.1) is 0 Å². The van der Waals surface area contributed by atoms with E-state index in [9.17, 15) is 9.59 Å².